The minimum Gasteiger partial charge on any atom is -0.465 e. The SMILES string of the molecule is O=C(O)Nc1cc(-c2ccccc2)nc(-c2ccccc2)c1. The fourth-order valence-electron chi connectivity index (χ4n) is 2.24. The van der Waals surface area contributed by atoms with Crippen LogP contribution in [0.2, 0.25) is 0 Å². The first-order valence-electron chi connectivity index (χ1n) is 6.85. The van der Waals surface area contributed by atoms with Crippen LogP contribution in [0.4, 0.5) is 10.5 Å². The Hall–Kier alpha value is -3.14. The lowest BCUT2D eigenvalue weighted by Crippen LogP contribution is -2.07. The normalized spacial score (nSPS) is 10.2. The number of rotatable bonds is 3. The number of carbonyl (C=O) groups is 1. The number of nitrogens with one attached hydrogen (secondary N) is 1. The zero-order chi connectivity index (χ0) is 15.4. The third kappa shape index (κ3) is 3.12. The van der Waals surface area contributed by atoms with Gasteiger partial charge in [0.05, 0.1) is 11.4 Å². The Balaban J connectivity index is 2.12. The molecule has 3 aromatic rings. The van der Waals surface area contributed by atoms with Crippen molar-refractivity contribution in [1.82, 2.24) is 4.98 Å². The van der Waals surface area contributed by atoms with Gasteiger partial charge in [-0.15, -0.1) is 0 Å². The summed E-state index contributed by atoms with van der Waals surface area (Å²) in [5.41, 5.74) is 3.83. The molecule has 1 amide bonds. The molecule has 0 spiro atoms. The van der Waals surface area contributed by atoms with Crippen molar-refractivity contribution in [3.05, 3.63) is 72.8 Å². The highest BCUT2D eigenvalue weighted by Gasteiger charge is 2.08. The van der Waals surface area contributed by atoms with Gasteiger partial charge in [0.25, 0.3) is 0 Å². The largest absolute Gasteiger partial charge is 0.465 e. The molecular weight excluding hydrogens is 276 g/mol. The maximum atomic E-state index is 10.9. The van der Waals surface area contributed by atoms with Crippen molar-refractivity contribution < 1.29 is 9.90 Å². The Morgan fingerprint density at radius 2 is 1.27 bits per heavy atom. The molecule has 0 saturated heterocycles. The quantitative estimate of drug-likeness (QED) is 0.746. The molecule has 4 heteroatoms. The molecule has 2 N–H and O–H groups in total. The third-order valence-corrected chi connectivity index (χ3v) is 3.22. The average Bonchev–Trinajstić information content (AvgIpc) is 2.55. The second kappa shape index (κ2) is 6.10. The lowest BCUT2D eigenvalue weighted by molar-refractivity contribution is 0.210. The highest BCUT2D eigenvalue weighted by molar-refractivity contribution is 5.85. The van der Waals surface area contributed by atoms with Gasteiger partial charge in [-0.05, 0) is 12.1 Å². The van der Waals surface area contributed by atoms with Crippen LogP contribution in [0.15, 0.2) is 72.8 Å². The van der Waals surface area contributed by atoms with Crippen LogP contribution in [0, 0.1) is 0 Å². The summed E-state index contributed by atoms with van der Waals surface area (Å²) in [5.74, 6) is 0. The van der Waals surface area contributed by atoms with E-state index in [-0.39, 0.29) is 0 Å². The Labute approximate surface area is 128 Å². The summed E-state index contributed by atoms with van der Waals surface area (Å²) in [6.07, 6.45) is -1.09. The fraction of sp³-hybridized carbons (Fsp3) is 0. The molecule has 108 valence electrons. The molecule has 1 heterocycles. The van der Waals surface area contributed by atoms with E-state index in [0.717, 1.165) is 22.5 Å². The molecule has 0 saturated carbocycles. The molecule has 3 rings (SSSR count). The van der Waals surface area contributed by atoms with Crippen molar-refractivity contribution in [2.75, 3.05) is 5.32 Å². The molecule has 0 unspecified atom stereocenters. The van der Waals surface area contributed by atoms with Gasteiger partial charge in [0.2, 0.25) is 0 Å². The second-order valence-corrected chi connectivity index (χ2v) is 4.79. The third-order valence-electron chi connectivity index (χ3n) is 3.22. The minimum absolute atomic E-state index is 0.500. The first-order chi connectivity index (χ1) is 10.7. The summed E-state index contributed by atoms with van der Waals surface area (Å²) in [6.45, 7) is 0. The van der Waals surface area contributed by atoms with E-state index < -0.39 is 6.09 Å². The average molecular weight is 290 g/mol. The summed E-state index contributed by atoms with van der Waals surface area (Å²) < 4.78 is 0. The molecule has 0 atom stereocenters. The summed E-state index contributed by atoms with van der Waals surface area (Å²) in [7, 11) is 0. The van der Waals surface area contributed by atoms with Gasteiger partial charge in [-0.25, -0.2) is 9.78 Å². The van der Waals surface area contributed by atoms with Crippen molar-refractivity contribution in [1.29, 1.82) is 0 Å². The van der Waals surface area contributed by atoms with Crippen molar-refractivity contribution >= 4 is 11.8 Å². The highest BCUT2D eigenvalue weighted by Crippen LogP contribution is 2.26. The predicted octanol–water partition coefficient (Wildman–Crippen LogP) is 4.51. The van der Waals surface area contributed by atoms with E-state index in [9.17, 15) is 4.79 Å². The van der Waals surface area contributed by atoms with Crippen LogP contribution in [-0.2, 0) is 0 Å². The summed E-state index contributed by atoms with van der Waals surface area (Å²) in [5, 5.41) is 11.4. The van der Waals surface area contributed by atoms with Crippen LogP contribution >= 0.6 is 0 Å². The van der Waals surface area contributed by atoms with Crippen LogP contribution in [0.1, 0.15) is 0 Å². The van der Waals surface area contributed by atoms with Crippen LogP contribution in [0.25, 0.3) is 22.5 Å². The monoisotopic (exact) mass is 290 g/mol. The maximum absolute atomic E-state index is 10.9. The molecule has 0 aliphatic rings. The summed E-state index contributed by atoms with van der Waals surface area (Å²) >= 11 is 0. The molecule has 0 bridgehead atoms. The van der Waals surface area contributed by atoms with E-state index in [4.69, 9.17) is 5.11 Å². The van der Waals surface area contributed by atoms with Crippen molar-refractivity contribution in [2.24, 2.45) is 0 Å². The van der Waals surface area contributed by atoms with E-state index in [1.54, 1.807) is 12.1 Å². The number of hydrogen-bond acceptors (Lipinski definition) is 2. The molecule has 0 aliphatic carbocycles. The van der Waals surface area contributed by atoms with Crippen LogP contribution in [0.3, 0.4) is 0 Å². The van der Waals surface area contributed by atoms with E-state index >= 15 is 0 Å². The first kappa shape index (κ1) is 13.8. The lowest BCUT2D eigenvalue weighted by atomic mass is 10.1. The van der Waals surface area contributed by atoms with Crippen molar-refractivity contribution in [3.63, 3.8) is 0 Å². The molecule has 4 nitrogen and oxygen atoms in total. The maximum Gasteiger partial charge on any atom is 0.409 e. The molecule has 0 fully saturated rings. The topological polar surface area (TPSA) is 62.2 Å². The van der Waals surface area contributed by atoms with Gasteiger partial charge >= 0.3 is 6.09 Å². The van der Waals surface area contributed by atoms with Gasteiger partial charge in [-0.1, -0.05) is 60.7 Å². The van der Waals surface area contributed by atoms with Gasteiger partial charge < -0.3 is 5.11 Å². The predicted molar refractivity (Wildman–Crippen MR) is 86.8 cm³/mol. The lowest BCUT2D eigenvalue weighted by Gasteiger charge is -2.09. The van der Waals surface area contributed by atoms with Gasteiger partial charge in [-0.3, -0.25) is 5.32 Å². The molecule has 0 aliphatic heterocycles. The number of anilines is 1. The number of benzene rings is 2. The van der Waals surface area contributed by atoms with Crippen molar-refractivity contribution in [3.8, 4) is 22.5 Å². The first-order valence-corrected chi connectivity index (χ1v) is 6.85. The molecule has 2 aromatic carbocycles. The number of pyridine rings is 1. The Morgan fingerprint density at radius 3 is 1.68 bits per heavy atom. The zero-order valence-electron chi connectivity index (χ0n) is 11.7. The van der Waals surface area contributed by atoms with Crippen LogP contribution in [0.5, 0.6) is 0 Å². The highest BCUT2D eigenvalue weighted by atomic mass is 16.4. The fourth-order valence-corrected chi connectivity index (χ4v) is 2.24. The van der Waals surface area contributed by atoms with E-state index in [0.29, 0.717) is 5.69 Å². The molecule has 22 heavy (non-hydrogen) atoms. The number of aromatic nitrogens is 1. The van der Waals surface area contributed by atoms with E-state index in [1.165, 1.54) is 0 Å². The van der Waals surface area contributed by atoms with Gasteiger partial charge in [0, 0.05) is 16.8 Å². The smallest absolute Gasteiger partial charge is 0.409 e. The Kier molecular flexibility index (Phi) is 3.83. The molecular formula is C18H14N2O2. The van der Waals surface area contributed by atoms with Gasteiger partial charge in [0.15, 0.2) is 0 Å². The number of amides is 1. The van der Waals surface area contributed by atoms with E-state index in [1.807, 2.05) is 60.7 Å². The zero-order valence-corrected chi connectivity index (χ0v) is 11.7. The number of carboxylic acid groups (broad SMARTS) is 1. The van der Waals surface area contributed by atoms with Crippen LogP contribution < -0.4 is 5.32 Å². The molecule has 0 radical (unpaired) electrons. The standard InChI is InChI=1S/C18H14N2O2/c21-18(22)19-15-11-16(13-7-3-1-4-8-13)20-17(12-15)14-9-5-2-6-10-14/h1-12H,(H,19,20)(H,21,22). The van der Waals surface area contributed by atoms with E-state index in [2.05, 4.69) is 10.3 Å². The van der Waals surface area contributed by atoms with Gasteiger partial charge in [0.1, 0.15) is 0 Å². The van der Waals surface area contributed by atoms with Crippen LogP contribution in [-0.4, -0.2) is 16.2 Å². The Morgan fingerprint density at radius 1 is 0.818 bits per heavy atom. The minimum atomic E-state index is -1.09. The summed E-state index contributed by atoms with van der Waals surface area (Å²) in [6, 6.07) is 22.8. The summed E-state index contributed by atoms with van der Waals surface area (Å²) in [4.78, 5) is 15.6. The number of hydrogen-bond donors (Lipinski definition) is 2. The number of nitrogens with zero attached hydrogens (tertiary/aromatic N) is 1. The second-order valence-electron chi connectivity index (χ2n) is 4.79. The van der Waals surface area contributed by atoms with Crippen molar-refractivity contribution in [2.45, 2.75) is 0 Å². The molecule has 1 aromatic heterocycles. The Bertz CT molecular complexity index is 729. The van der Waals surface area contributed by atoms with Gasteiger partial charge in [-0.2, -0.15) is 0 Å².